The van der Waals surface area contributed by atoms with Gasteiger partial charge in [0, 0.05) is 13.1 Å². The van der Waals surface area contributed by atoms with Gasteiger partial charge >= 0.3 is 10.3 Å². The number of likely N-dealkylation sites (N-methyl/N-ethyl adjacent to an activating group) is 1. The van der Waals surface area contributed by atoms with Gasteiger partial charge in [-0.05, 0) is 36.8 Å². The van der Waals surface area contributed by atoms with E-state index in [-0.39, 0.29) is 12.5 Å². The van der Waals surface area contributed by atoms with E-state index in [2.05, 4.69) is 32.7 Å². The molecule has 0 unspecified atom stereocenters. The second-order valence-electron chi connectivity index (χ2n) is 8.11. The van der Waals surface area contributed by atoms with Gasteiger partial charge in [0.05, 0.1) is 24.2 Å². The van der Waals surface area contributed by atoms with Crippen molar-refractivity contribution < 1.29 is 23.2 Å². The Balaban J connectivity index is 1.46. The minimum Gasteiger partial charge on any atom is -0.389 e. The van der Waals surface area contributed by atoms with Crippen LogP contribution in [0.1, 0.15) is 36.4 Å². The van der Waals surface area contributed by atoms with Gasteiger partial charge in [0.2, 0.25) is 0 Å². The van der Waals surface area contributed by atoms with Crippen LogP contribution in [0.5, 0.6) is 0 Å². The number of aryl methyl sites for hydroxylation is 1. The lowest BCUT2D eigenvalue weighted by Gasteiger charge is -2.27. The molecule has 2 aliphatic rings. The van der Waals surface area contributed by atoms with Crippen molar-refractivity contribution in [2.75, 3.05) is 17.7 Å². The molecule has 0 radical (unpaired) electrons. The Morgan fingerprint density at radius 3 is 2.55 bits per heavy atom. The standard InChI is InChI=1S/C20H27N5O5S/c1-25(31(28,29)30)16-9-15(19(26)20(16)27)24-18-10-17(21-11-22-18)23-14-8-4-6-12-5-2-3-7-13(12)14/h2-3,5,7,10-11,14-16,19-20,26-27H,4,6,8-9H2,1H3,(H,28,29,30)(H2,21,22,23,24)/t14-,15+,16+,19-,20+/m0/s1. The summed E-state index contributed by atoms with van der Waals surface area (Å²) in [6, 6.07) is 8.58. The number of aliphatic hydroxyl groups excluding tert-OH is 2. The van der Waals surface area contributed by atoms with Crippen LogP contribution in [-0.2, 0) is 16.7 Å². The highest BCUT2D eigenvalue weighted by Crippen LogP contribution is 2.33. The molecular formula is C20H27N5O5S. The average Bonchev–Trinajstić information content (AvgIpc) is 3.01. The third-order valence-corrected chi connectivity index (χ3v) is 7.17. The van der Waals surface area contributed by atoms with Gasteiger partial charge in [-0.15, -0.1) is 0 Å². The Morgan fingerprint density at radius 1 is 1.10 bits per heavy atom. The first-order chi connectivity index (χ1) is 14.7. The molecule has 1 saturated carbocycles. The highest BCUT2D eigenvalue weighted by Gasteiger charge is 2.46. The summed E-state index contributed by atoms with van der Waals surface area (Å²) in [5.41, 5.74) is 2.59. The maximum absolute atomic E-state index is 11.4. The van der Waals surface area contributed by atoms with Crippen molar-refractivity contribution in [3.05, 3.63) is 47.8 Å². The van der Waals surface area contributed by atoms with Gasteiger partial charge in [-0.1, -0.05) is 24.3 Å². The van der Waals surface area contributed by atoms with Gasteiger partial charge in [-0.25, -0.2) is 9.97 Å². The summed E-state index contributed by atoms with van der Waals surface area (Å²) in [7, 11) is -3.33. The quantitative estimate of drug-likeness (QED) is 0.407. The van der Waals surface area contributed by atoms with Crippen LogP contribution in [0, 0.1) is 0 Å². The molecular weight excluding hydrogens is 422 g/mol. The molecule has 2 aliphatic carbocycles. The minimum atomic E-state index is -4.49. The van der Waals surface area contributed by atoms with Crippen molar-refractivity contribution in [2.45, 2.75) is 56.0 Å². The molecule has 31 heavy (non-hydrogen) atoms. The van der Waals surface area contributed by atoms with Crippen LogP contribution in [0.2, 0.25) is 0 Å². The Hall–Kier alpha value is -2.31. The van der Waals surface area contributed by atoms with Gasteiger partial charge < -0.3 is 20.8 Å². The SMILES string of the molecule is CN([C@@H]1C[C@@H](Nc2cc(N[C@H]3CCCc4ccccc43)ncn2)[C@H](O)[C@@H]1O)S(=O)(=O)O. The molecule has 0 bridgehead atoms. The zero-order chi connectivity index (χ0) is 22.2. The topological polar surface area (TPSA) is 148 Å². The summed E-state index contributed by atoms with van der Waals surface area (Å²) >= 11 is 0. The summed E-state index contributed by atoms with van der Waals surface area (Å²) in [4.78, 5) is 8.48. The van der Waals surface area contributed by atoms with Gasteiger partial charge in [-0.2, -0.15) is 12.7 Å². The van der Waals surface area contributed by atoms with Crippen molar-refractivity contribution in [1.82, 2.24) is 14.3 Å². The van der Waals surface area contributed by atoms with Crippen molar-refractivity contribution in [3.63, 3.8) is 0 Å². The van der Waals surface area contributed by atoms with Crippen molar-refractivity contribution in [3.8, 4) is 0 Å². The van der Waals surface area contributed by atoms with E-state index in [0.717, 1.165) is 26.3 Å². The summed E-state index contributed by atoms with van der Waals surface area (Å²) in [6.45, 7) is 0. The molecule has 168 valence electrons. The minimum absolute atomic E-state index is 0.0986. The van der Waals surface area contributed by atoms with Crippen LogP contribution in [-0.4, -0.2) is 68.8 Å². The third kappa shape index (κ3) is 4.65. The van der Waals surface area contributed by atoms with Crippen LogP contribution in [0.3, 0.4) is 0 Å². The number of hydrogen-bond acceptors (Lipinski definition) is 8. The van der Waals surface area contributed by atoms with Crippen LogP contribution < -0.4 is 10.6 Å². The number of aliphatic hydroxyl groups is 2. The Bertz CT molecular complexity index is 1040. The molecule has 1 aromatic heterocycles. The highest BCUT2D eigenvalue weighted by molar-refractivity contribution is 7.83. The molecule has 0 amide bonds. The molecule has 4 rings (SSSR count). The normalized spacial score (nSPS) is 28.4. The zero-order valence-electron chi connectivity index (χ0n) is 17.1. The number of anilines is 2. The number of aromatic nitrogens is 2. The molecule has 2 aromatic rings. The molecule has 5 atom stereocenters. The van der Waals surface area contributed by atoms with Crippen molar-refractivity contribution >= 4 is 21.9 Å². The van der Waals surface area contributed by atoms with E-state index in [9.17, 15) is 23.2 Å². The van der Waals surface area contributed by atoms with Crippen molar-refractivity contribution in [1.29, 1.82) is 0 Å². The maximum Gasteiger partial charge on any atom is 0.335 e. The lowest BCUT2D eigenvalue weighted by Crippen LogP contribution is -2.44. The number of nitrogens with zero attached hydrogens (tertiary/aromatic N) is 3. The van der Waals surface area contributed by atoms with E-state index in [0.29, 0.717) is 15.9 Å². The predicted octanol–water partition coefficient (Wildman–Crippen LogP) is 0.975. The molecule has 0 saturated heterocycles. The highest BCUT2D eigenvalue weighted by atomic mass is 32.2. The summed E-state index contributed by atoms with van der Waals surface area (Å²) in [5, 5.41) is 27.1. The maximum atomic E-state index is 11.4. The number of fused-ring (bicyclic) bond motifs is 1. The molecule has 1 aromatic carbocycles. The number of rotatable bonds is 6. The number of hydrogen-bond donors (Lipinski definition) is 5. The molecule has 0 aliphatic heterocycles. The van der Waals surface area contributed by atoms with Gasteiger partial charge in [0.1, 0.15) is 24.1 Å². The van der Waals surface area contributed by atoms with Crippen molar-refractivity contribution in [2.24, 2.45) is 0 Å². The first-order valence-corrected chi connectivity index (χ1v) is 11.6. The Labute approximate surface area is 181 Å². The van der Waals surface area contributed by atoms with Crippen LogP contribution in [0.25, 0.3) is 0 Å². The number of nitrogens with one attached hydrogen (secondary N) is 2. The molecule has 1 heterocycles. The van der Waals surface area contributed by atoms with Gasteiger partial charge in [0.25, 0.3) is 0 Å². The second kappa shape index (κ2) is 8.67. The van der Waals surface area contributed by atoms with E-state index in [1.807, 2.05) is 12.1 Å². The fourth-order valence-corrected chi connectivity index (χ4v) is 5.02. The van der Waals surface area contributed by atoms with E-state index >= 15 is 0 Å². The summed E-state index contributed by atoms with van der Waals surface area (Å²) in [6.07, 6.45) is 2.06. The van der Waals surface area contributed by atoms with E-state index in [1.165, 1.54) is 17.5 Å². The molecule has 10 nitrogen and oxygen atoms in total. The van der Waals surface area contributed by atoms with Crippen LogP contribution in [0.15, 0.2) is 36.7 Å². The Kier molecular flexibility index (Phi) is 6.13. The second-order valence-corrected chi connectivity index (χ2v) is 9.58. The first-order valence-electron chi connectivity index (χ1n) is 10.2. The fourth-order valence-electron chi connectivity index (χ4n) is 4.47. The van der Waals surface area contributed by atoms with Crippen LogP contribution >= 0.6 is 0 Å². The fraction of sp³-hybridized carbons (Fsp3) is 0.500. The van der Waals surface area contributed by atoms with Crippen LogP contribution in [0.4, 0.5) is 11.6 Å². The van der Waals surface area contributed by atoms with Gasteiger partial charge in [0.15, 0.2) is 0 Å². The van der Waals surface area contributed by atoms with E-state index < -0.39 is 34.6 Å². The Morgan fingerprint density at radius 2 is 1.81 bits per heavy atom. The first kappa shape index (κ1) is 21.9. The van der Waals surface area contributed by atoms with E-state index in [1.54, 1.807) is 6.07 Å². The largest absolute Gasteiger partial charge is 0.389 e. The van der Waals surface area contributed by atoms with Gasteiger partial charge in [-0.3, -0.25) is 4.55 Å². The van der Waals surface area contributed by atoms with E-state index in [4.69, 9.17) is 0 Å². The average molecular weight is 450 g/mol. The smallest absolute Gasteiger partial charge is 0.335 e. The molecule has 11 heteroatoms. The monoisotopic (exact) mass is 449 g/mol. The number of benzene rings is 1. The third-order valence-electron chi connectivity index (χ3n) is 6.17. The summed E-state index contributed by atoms with van der Waals surface area (Å²) in [5.74, 6) is 1.06. The summed E-state index contributed by atoms with van der Waals surface area (Å²) < 4.78 is 32.7. The predicted molar refractivity (Wildman–Crippen MR) is 115 cm³/mol. The lowest BCUT2D eigenvalue weighted by molar-refractivity contribution is 0.0154. The molecule has 5 N–H and O–H groups in total. The molecule has 1 fully saturated rings. The molecule has 0 spiro atoms. The lowest BCUT2D eigenvalue weighted by atomic mass is 9.88. The zero-order valence-corrected chi connectivity index (χ0v) is 17.9.